The van der Waals surface area contributed by atoms with Crippen molar-refractivity contribution in [3.05, 3.63) is 28.0 Å². The molecule has 0 heterocycles. The Morgan fingerprint density at radius 1 is 1.31 bits per heavy atom. The zero-order valence-electron chi connectivity index (χ0n) is 10.2. The van der Waals surface area contributed by atoms with Crippen LogP contribution in [0.4, 0.5) is 4.39 Å². The zero-order valence-corrected chi connectivity index (χ0v) is 12.8. The SMILES string of the molecule is CCCc1ccc(Br)c(O[Si](C)(C)C)c1F. The maximum atomic E-state index is 14.1. The van der Waals surface area contributed by atoms with Crippen LogP contribution in [0, 0.1) is 5.82 Å². The van der Waals surface area contributed by atoms with Crippen LogP contribution in [0.5, 0.6) is 5.75 Å². The summed E-state index contributed by atoms with van der Waals surface area (Å²) in [5.41, 5.74) is 0.735. The van der Waals surface area contributed by atoms with Crippen LogP contribution in [0.15, 0.2) is 16.6 Å². The molecule has 0 saturated carbocycles. The number of aryl methyl sites for hydroxylation is 1. The van der Waals surface area contributed by atoms with Crippen molar-refractivity contribution in [3.63, 3.8) is 0 Å². The molecule has 16 heavy (non-hydrogen) atoms. The number of benzene rings is 1. The van der Waals surface area contributed by atoms with E-state index in [-0.39, 0.29) is 5.82 Å². The van der Waals surface area contributed by atoms with E-state index < -0.39 is 8.32 Å². The van der Waals surface area contributed by atoms with Gasteiger partial charge in [0.2, 0.25) is 8.32 Å². The van der Waals surface area contributed by atoms with Gasteiger partial charge in [0.05, 0.1) is 4.47 Å². The molecule has 0 aliphatic carbocycles. The molecule has 0 radical (unpaired) electrons. The van der Waals surface area contributed by atoms with Crippen LogP contribution < -0.4 is 4.43 Å². The van der Waals surface area contributed by atoms with Crippen molar-refractivity contribution in [2.45, 2.75) is 39.4 Å². The third-order valence-electron chi connectivity index (χ3n) is 2.06. The van der Waals surface area contributed by atoms with Gasteiger partial charge >= 0.3 is 0 Å². The lowest BCUT2D eigenvalue weighted by molar-refractivity contribution is 0.485. The molecule has 0 N–H and O–H groups in total. The van der Waals surface area contributed by atoms with E-state index >= 15 is 0 Å². The number of hydrogen-bond donors (Lipinski definition) is 0. The van der Waals surface area contributed by atoms with Crippen LogP contribution in [0.25, 0.3) is 0 Å². The van der Waals surface area contributed by atoms with Gasteiger partial charge in [-0.3, -0.25) is 0 Å². The van der Waals surface area contributed by atoms with Gasteiger partial charge < -0.3 is 4.43 Å². The minimum absolute atomic E-state index is 0.210. The molecule has 1 nitrogen and oxygen atoms in total. The van der Waals surface area contributed by atoms with Crippen LogP contribution in [0.2, 0.25) is 19.6 Å². The van der Waals surface area contributed by atoms with E-state index in [1.807, 2.05) is 38.7 Å². The minimum atomic E-state index is -1.78. The monoisotopic (exact) mass is 304 g/mol. The highest BCUT2D eigenvalue weighted by Gasteiger charge is 2.21. The quantitative estimate of drug-likeness (QED) is 0.729. The van der Waals surface area contributed by atoms with E-state index in [1.54, 1.807) is 0 Å². The molecule has 0 aliphatic heterocycles. The Morgan fingerprint density at radius 2 is 1.94 bits per heavy atom. The Morgan fingerprint density at radius 3 is 2.44 bits per heavy atom. The normalized spacial score (nSPS) is 11.6. The topological polar surface area (TPSA) is 9.23 Å². The fourth-order valence-corrected chi connectivity index (χ4v) is 2.78. The van der Waals surface area contributed by atoms with E-state index in [2.05, 4.69) is 15.9 Å². The largest absolute Gasteiger partial charge is 0.542 e. The Labute approximate surface area is 106 Å². The van der Waals surface area contributed by atoms with Crippen LogP contribution in [0.1, 0.15) is 18.9 Å². The fourth-order valence-electron chi connectivity index (χ4n) is 1.44. The fraction of sp³-hybridized carbons (Fsp3) is 0.500. The van der Waals surface area contributed by atoms with E-state index in [4.69, 9.17) is 4.43 Å². The van der Waals surface area contributed by atoms with Gasteiger partial charge in [-0.1, -0.05) is 19.4 Å². The highest BCUT2D eigenvalue weighted by atomic mass is 79.9. The van der Waals surface area contributed by atoms with Crippen LogP contribution in [-0.4, -0.2) is 8.32 Å². The van der Waals surface area contributed by atoms with Crippen LogP contribution >= 0.6 is 15.9 Å². The first-order valence-corrected chi connectivity index (χ1v) is 9.71. The average molecular weight is 305 g/mol. The van der Waals surface area contributed by atoms with Gasteiger partial charge in [0.1, 0.15) is 0 Å². The second-order valence-corrected chi connectivity index (χ2v) is 10.1. The maximum absolute atomic E-state index is 14.1. The summed E-state index contributed by atoms with van der Waals surface area (Å²) in [5, 5.41) is 0. The summed E-state index contributed by atoms with van der Waals surface area (Å²) in [6.07, 6.45) is 1.69. The zero-order chi connectivity index (χ0) is 12.3. The Hall–Kier alpha value is -0.353. The minimum Gasteiger partial charge on any atom is -0.542 e. The van der Waals surface area contributed by atoms with Crippen molar-refractivity contribution < 1.29 is 8.82 Å². The summed E-state index contributed by atoms with van der Waals surface area (Å²) in [5.74, 6) is 0.170. The molecule has 0 bridgehead atoms. The first-order chi connectivity index (χ1) is 7.35. The lowest BCUT2D eigenvalue weighted by Gasteiger charge is -2.21. The molecular weight excluding hydrogens is 287 g/mol. The summed E-state index contributed by atoms with van der Waals surface area (Å²) < 4.78 is 20.6. The molecule has 4 heteroatoms. The highest BCUT2D eigenvalue weighted by molar-refractivity contribution is 9.10. The molecule has 0 fully saturated rings. The highest BCUT2D eigenvalue weighted by Crippen LogP contribution is 2.32. The van der Waals surface area contributed by atoms with Crippen molar-refractivity contribution >= 4 is 24.2 Å². The molecule has 0 aliphatic rings. The van der Waals surface area contributed by atoms with Gasteiger partial charge in [-0.15, -0.1) is 0 Å². The van der Waals surface area contributed by atoms with Gasteiger partial charge in [0.25, 0.3) is 0 Å². The molecule has 0 aromatic heterocycles. The smallest absolute Gasteiger partial charge is 0.242 e. The summed E-state index contributed by atoms with van der Waals surface area (Å²) >= 11 is 3.34. The van der Waals surface area contributed by atoms with Crippen LogP contribution in [0.3, 0.4) is 0 Å². The molecule has 90 valence electrons. The maximum Gasteiger partial charge on any atom is 0.242 e. The second-order valence-electron chi connectivity index (χ2n) is 4.81. The van der Waals surface area contributed by atoms with Gasteiger partial charge in [0.15, 0.2) is 11.6 Å². The summed E-state index contributed by atoms with van der Waals surface area (Å²) in [7, 11) is -1.78. The van der Waals surface area contributed by atoms with E-state index in [0.29, 0.717) is 10.2 Å². The molecule has 0 spiro atoms. The first-order valence-electron chi connectivity index (χ1n) is 5.51. The van der Waals surface area contributed by atoms with Gasteiger partial charge in [0, 0.05) is 0 Å². The van der Waals surface area contributed by atoms with Crippen molar-refractivity contribution in [1.29, 1.82) is 0 Å². The van der Waals surface area contributed by atoms with Crippen molar-refractivity contribution in [2.75, 3.05) is 0 Å². The Bertz CT molecular complexity index is 374. The van der Waals surface area contributed by atoms with E-state index in [0.717, 1.165) is 18.4 Å². The number of hydrogen-bond acceptors (Lipinski definition) is 1. The first kappa shape index (κ1) is 13.7. The average Bonchev–Trinajstić information content (AvgIpc) is 2.16. The van der Waals surface area contributed by atoms with Gasteiger partial charge in [-0.05, 0) is 53.6 Å². The number of halogens is 2. The molecule has 0 atom stereocenters. The van der Waals surface area contributed by atoms with Crippen molar-refractivity contribution in [2.24, 2.45) is 0 Å². The second kappa shape index (κ2) is 5.32. The predicted molar refractivity (Wildman–Crippen MR) is 72.1 cm³/mol. The lowest BCUT2D eigenvalue weighted by Crippen LogP contribution is -2.30. The standard InChI is InChI=1S/C12H18BrFOSi/c1-5-6-9-7-8-10(13)12(11(9)14)15-16(2,3)4/h7-8H,5-6H2,1-4H3. The molecule has 1 aromatic rings. The van der Waals surface area contributed by atoms with Crippen molar-refractivity contribution in [3.8, 4) is 5.75 Å². The van der Waals surface area contributed by atoms with Crippen molar-refractivity contribution in [1.82, 2.24) is 0 Å². The third-order valence-corrected chi connectivity index (χ3v) is 3.50. The van der Waals surface area contributed by atoms with Gasteiger partial charge in [-0.25, -0.2) is 4.39 Å². The molecule has 1 aromatic carbocycles. The Balaban J connectivity index is 3.11. The molecule has 0 saturated heterocycles. The summed E-state index contributed by atoms with van der Waals surface area (Å²) in [6, 6.07) is 3.68. The molecule has 0 unspecified atom stereocenters. The predicted octanol–water partition coefficient (Wildman–Crippen LogP) is 4.75. The summed E-state index contributed by atoms with van der Waals surface area (Å²) in [6.45, 7) is 8.18. The summed E-state index contributed by atoms with van der Waals surface area (Å²) in [4.78, 5) is 0. The lowest BCUT2D eigenvalue weighted by atomic mass is 10.1. The molecule has 1 rings (SSSR count). The number of rotatable bonds is 4. The third kappa shape index (κ3) is 3.59. The van der Waals surface area contributed by atoms with E-state index in [1.165, 1.54) is 0 Å². The molecule has 0 amide bonds. The Kier molecular flexibility index (Phi) is 4.56. The van der Waals surface area contributed by atoms with Crippen LogP contribution in [-0.2, 0) is 6.42 Å². The molecular formula is C12H18BrFOSi. The van der Waals surface area contributed by atoms with E-state index in [9.17, 15) is 4.39 Å². The van der Waals surface area contributed by atoms with Gasteiger partial charge in [-0.2, -0.15) is 0 Å².